The van der Waals surface area contributed by atoms with Gasteiger partial charge < -0.3 is 13.7 Å². The second-order valence-electron chi connectivity index (χ2n) is 6.61. The lowest BCUT2D eigenvalue weighted by Crippen LogP contribution is -2.45. The number of hydrogen-bond donors (Lipinski definition) is 0. The smallest absolute Gasteiger partial charge is 0.290 e. The number of carbonyl (C=O) groups excluding carboxylic acids is 3. The Hall–Kier alpha value is -3.61. The molecule has 0 saturated carbocycles. The van der Waals surface area contributed by atoms with Crippen molar-refractivity contribution in [3.63, 3.8) is 0 Å². The SMILES string of the molecule is Cc1ccc(N2C(=O)CC(N(Cc3ccco3)C(=O)c3ccco3)C2=O)cc1. The summed E-state index contributed by atoms with van der Waals surface area (Å²) >= 11 is 0. The van der Waals surface area contributed by atoms with E-state index in [-0.39, 0.29) is 24.6 Å². The van der Waals surface area contributed by atoms with Crippen LogP contribution in [0.15, 0.2) is 69.9 Å². The van der Waals surface area contributed by atoms with Gasteiger partial charge in [0.15, 0.2) is 5.76 Å². The van der Waals surface area contributed by atoms with Gasteiger partial charge in [-0.15, -0.1) is 0 Å². The van der Waals surface area contributed by atoms with Gasteiger partial charge in [-0.25, -0.2) is 4.90 Å². The summed E-state index contributed by atoms with van der Waals surface area (Å²) in [6.07, 6.45) is 2.78. The highest BCUT2D eigenvalue weighted by molar-refractivity contribution is 6.23. The molecule has 1 aliphatic rings. The number of rotatable bonds is 5. The van der Waals surface area contributed by atoms with Gasteiger partial charge in [0.05, 0.1) is 31.2 Å². The summed E-state index contributed by atoms with van der Waals surface area (Å²) in [5.74, 6) is -0.663. The van der Waals surface area contributed by atoms with Crippen molar-refractivity contribution in [2.45, 2.75) is 25.9 Å². The average Bonchev–Trinajstić information content (AvgIpc) is 3.43. The van der Waals surface area contributed by atoms with E-state index in [1.807, 2.05) is 19.1 Å². The van der Waals surface area contributed by atoms with Crippen LogP contribution in [0.1, 0.15) is 28.3 Å². The maximum atomic E-state index is 13.1. The maximum Gasteiger partial charge on any atom is 0.290 e. The number of carbonyl (C=O) groups is 3. The molecule has 0 bridgehead atoms. The zero-order valence-electron chi connectivity index (χ0n) is 15.2. The van der Waals surface area contributed by atoms with Crippen molar-refractivity contribution in [3.05, 3.63) is 78.1 Å². The molecular weight excluding hydrogens is 360 g/mol. The van der Waals surface area contributed by atoms with Gasteiger partial charge >= 0.3 is 0 Å². The quantitative estimate of drug-likeness (QED) is 0.637. The van der Waals surface area contributed by atoms with Gasteiger partial charge in [0.1, 0.15) is 11.8 Å². The molecule has 1 saturated heterocycles. The Morgan fingerprint density at radius 2 is 1.79 bits per heavy atom. The number of hydrogen-bond acceptors (Lipinski definition) is 5. The van der Waals surface area contributed by atoms with E-state index in [2.05, 4.69) is 0 Å². The van der Waals surface area contributed by atoms with Gasteiger partial charge in [0, 0.05) is 0 Å². The first kappa shape index (κ1) is 17.8. The Morgan fingerprint density at radius 1 is 1.07 bits per heavy atom. The summed E-state index contributed by atoms with van der Waals surface area (Å²) < 4.78 is 10.6. The molecule has 0 radical (unpaired) electrons. The largest absolute Gasteiger partial charge is 0.467 e. The lowest BCUT2D eigenvalue weighted by Gasteiger charge is -2.26. The number of furan rings is 2. The Balaban J connectivity index is 1.66. The standard InChI is InChI=1S/C21H18N2O5/c1-14-6-8-15(9-7-14)23-19(24)12-17(20(23)25)22(13-16-4-2-10-27-16)21(26)18-5-3-11-28-18/h2-11,17H,12-13H2,1H3. The number of benzene rings is 1. The highest BCUT2D eigenvalue weighted by Crippen LogP contribution is 2.28. The number of imide groups is 1. The Bertz CT molecular complexity index is 990. The molecule has 3 amide bonds. The van der Waals surface area contributed by atoms with Crippen molar-refractivity contribution in [2.75, 3.05) is 4.90 Å². The van der Waals surface area contributed by atoms with Crippen LogP contribution in [0, 0.1) is 6.92 Å². The molecule has 7 nitrogen and oxygen atoms in total. The minimum absolute atomic E-state index is 0.0535. The summed E-state index contributed by atoms with van der Waals surface area (Å²) in [6, 6.07) is 12.7. The zero-order chi connectivity index (χ0) is 19.7. The summed E-state index contributed by atoms with van der Waals surface area (Å²) in [4.78, 5) is 41.1. The monoisotopic (exact) mass is 378 g/mol. The number of amides is 3. The molecule has 1 unspecified atom stereocenters. The third kappa shape index (κ3) is 3.22. The summed E-state index contributed by atoms with van der Waals surface area (Å²) in [5.41, 5.74) is 1.51. The second kappa shape index (κ2) is 7.19. The Labute approximate surface area is 161 Å². The summed E-state index contributed by atoms with van der Waals surface area (Å²) in [7, 11) is 0. The van der Waals surface area contributed by atoms with Crippen LogP contribution in [0.4, 0.5) is 5.69 Å². The third-order valence-electron chi connectivity index (χ3n) is 4.69. The number of anilines is 1. The fourth-order valence-electron chi connectivity index (χ4n) is 3.26. The van der Waals surface area contributed by atoms with Crippen molar-refractivity contribution >= 4 is 23.4 Å². The van der Waals surface area contributed by atoms with E-state index in [4.69, 9.17) is 8.83 Å². The van der Waals surface area contributed by atoms with Crippen LogP contribution in [0.3, 0.4) is 0 Å². The van der Waals surface area contributed by atoms with Gasteiger partial charge in [-0.05, 0) is 43.3 Å². The zero-order valence-corrected chi connectivity index (χ0v) is 15.2. The van der Waals surface area contributed by atoms with E-state index in [1.165, 1.54) is 23.5 Å². The van der Waals surface area contributed by atoms with Crippen LogP contribution < -0.4 is 4.90 Å². The van der Waals surface area contributed by atoms with Gasteiger partial charge in [-0.1, -0.05) is 17.7 Å². The van der Waals surface area contributed by atoms with Crippen LogP contribution in [0.5, 0.6) is 0 Å². The molecular formula is C21H18N2O5. The van der Waals surface area contributed by atoms with E-state index in [9.17, 15) is 14.4 Å². The molecule has 7 heteroatoms. The van der Waals surface area contributed by atoms with Crippen LogP contribution in [-0.4, -0.2) is 28.7 Å². The highest BCUT2D eigenvalue weighted by Gasteiger charge is 2.45. The Morgan fingerprint density at radius 3 is 2.43 bits per heavy atom. The molecule has 0 spiro atoms. The third-order valence-corrected chi connectivity index (χ3v) is 4.69. The predicted molar refractivity (Wildman–Crippen MR) is 99.4 cm³/mol. The molecule has 1 atom stereocenters. The average molecular weight is 378 g/mol. The van der Waals surface area contributed by atoms with Gasteiger partial charge in [-0.2, -0.15) is 0 Å². The maximum absolute atomic E-state index is 13.1. The highest BCUT2D eigenvalue weighted by atomic mass is 16.3. The first-order chi connectivity index (χ1) is 13.5. The Kier molecular flexibility index (Phi) is 4.57. The van der Waals surface area contributed by atoms with Crippen LogP contribution in [0.25, 0.3) is 0 Å². The van der Waals surface area contributed by atoms with Gasteiger partial charge in [-0.3, -0.25) is 14.4 Å². The topological polar surface area (TPSA) is 84.0 Å². The molecule has 1 aromatic carbocycles. The fourth-order valence-corrected chi connectivity index (χ4v) is 3.26. The van der Waals surface area contributed by atoms with Crippen LogP contribution >= 0.6 is 0 Å². The molecule has 1 aliphatic heterocycles. The molecule has 142 valence electrons. The molecule has 1 fully saturated rings. The van der Waals surface area contributed by atoms with Gasteiger partial charge in [0.25, 0.3) is 11.8 Å². The van der Waals surface area contributed by atoms with Crippen molar-refractivity contribution in [1.29, 1.82) is 0 Å². The van der Waals surface area contributed by atoms with Crippen molar-refractivity contribution in [1.82, 2.24) is 4.90 Å². The molecule has 0 N–H and O–H groups in total. The van der Waals surface area contributed by atoms with E-state index >= 15 is 0 Å². The first-order valence-electron chi connectivity index (χ1n) is 8.85. The molecule has 0 aliphatic carbocycles. The molecule has 3 aromatic rings. The van der Waals surface area contributed by atoms with Crippen LogP contribution in [-0.2, 0) is 16.1 Å². The van der Waals surface area contributed by atoms with E-state index < -0.39 is 17.9 Å². The summed E-state index contributed by atoms with van der Waals surface area (Å²) in [6.45, 7) is 1.98. The lowest BCUT2D eigenvalue weighted by molar-refractivity contribution is -0.122. The molecule has 4 rings (SSSR count). The normalized spacial score (nSPS) is 16.6. The van der Waals surface area contributed by atoms with E-state index in [0.29, 0.717) is 11.4 Å². The molecule has 3 heterocycles. The fraction of sp³-hybridized carbons (Fsp3) is 0.190. The minimum atomic E-state index is -0.934. The van der Waals surface area contributed by atoms with Crippen molar-refractivity contribution < 1.29 is 23.2 Å². The minimum Gasteiger partial charge on any atom is -0.467 e. The van der Waals surface area contributed by atoms with E-state index in [0.717, 1.165) is 10.5 Å². The molecule has 28 heavy (non-hydrogen) atoms. The van der Waals surface area contributed by atoms with E-state index in [1.54, 1.807) is 30.3 Å². The van der Waals surface area contributed by atoms with Gasteiger partial charge in [0.2, 0.25) is 5.91 Å². The second-order valence-corrected chi connectivity index (χ2v) is 6.61. The molecule has 2 aromatic heterocycles. The van der Waals surface area contributed by atoms with Crippen LogP contribution in [0.2, 0.25) is 0 Å². The number of aryl methyl sites for hydroxylation is 1. The predicted octanol–water partition coefficient (Wildman–Crippen LogP) is 3.16. The lowest BCUT2D eigenvalue weighted by atomic mass is 10.1. The number of nitrogens with zero attached hydrogens (tertiary/aromatic N) is 2. The van der Waals surface area contributed by atoms with Crippen molar-refractivity contribution in [3.8, 4) is 0 Å². The van der Waals surface area contributed by atoms with Crippen molar-refractivity contribution in [2.24, 2.45) is 0 Å². The first-order valence-corrected chi connectivity index (χ1v) is 8.85. The summed E-state index contributed by atoms with van der Waals surface area (Å²) in [5, 5.41) is 0.